The second-order valence-corrected chi connectivity index (χ2v) is 8.95. The van der Waals surface area contributed by atoms with E-state index in [-0.39, 0.29) is 30.9 Å². The Kier molecular flexibility index (Phi) is 7.26. The molecule has 2 fully saturated rings. The van der Waals surface area contributed by atoms with E-state index in [0.29, 0.717) is 49.9 Å². The number of para-hydroxylation sites is 1. The highest BCUT2D eigenvalue weighted by Gasteiger charge is 2.54. The first kappa shape index (κ1) is 23.9. The number of nitrogens with one attached hydrogen (secondary N) is 1. The van der Waals surface area contributed by atoms with E-state index in [0.717, 1.165) is 5.69 Å². The van der Waals surface area contributed by atoms with E-state index in [4.69, 9.17) is 16.3 Å². The van der Waals surface area contributed by atoms with E-state index in [9.17, 15) is 14.4 Å². The lowest BCUT2D eigenvalue weighted by atomic mass is 9.85. The van der Waals surface area contributed by atoms with Crippen LogP contribution in [0.25, 0.3) is 0 Å². The van der Waals surface area contributed by atoms with Crippen molar-refractivity contribution in [3.63, 3.8) is 0 Å². The highest BCUT2D eigenvalue weighted by molar-refractivity contribution is 6.30. The van der Waals surface area contributed by atoms with Crippen LogP contribution in [0.15, 0.2) is 54.6 Å². The molecule has 2 aromatic carbocycles. The number of nitrogens with zero attached hydrogens (tertiary/aromatic N) is 3. The Labute approximate surface area is 204 Å². The lowest BCUT2D eigenvalue weighted by molar-refractivity contribution is -0.140. The summed E-state index contributed by atoms with van der Waals surface area (Å²) in [7, 11) is 0. The Morgan fingerprint density at radius 3 is 2.38 bits per heavy atom. The molecule has 180 valence electrons. The van der Waals surface area contributed by atoms with E-state index in [2.05, 4.69) is 10.2 Å². The quantitative estimate of drug-likeness (QED) is 0.653. The van der Waals surface area contributed by atoms with Crippen LogP contribution in [0.5, 0.6) is 5.75 Å². The summed E-state index contributed by atoms with van der Waals surface area (Å²) in [4.78, 5) is 44.0. The molecule has 9 heteroatoms. The maximum absolute atomic E-state index is 13.6. The number of piperidine rings is 1. The molecule has 0 bridgehead atoms. The molecule has 0 aliphatic carbocycles. The summed E-state index contributed by atoms with van der Waals surface area (Å²) in [6, 6.07) is 16.6. The lowest BCUT2D eigenvalue weighted by Gasteiger charge is -2.43. The van der Waals surface area contributed by atoms with Gasteiger partial charge in [-0.3, -0.25) is 14.4 Å². The van der Waals surface area contributed by atoms with Gasteiger partial charge >= 0.3 is 0 Å². The SMILES string of the molecule is CCNC(=O)CN1CN(c2ccccc2)C2(CCN(C(=O)COc3ccc(Cl)cc3)CC2)C1=O. The fraction of sp³-hybridized carbons (Fsp3) is 0.400. The minimum Gasteiger partial charge on any atom is -0.484 e. The zero-order valence-corrected chi connectivity index (χ0v) is 20.0. The minimum absolute atomic E-state index is 0.0231. The third kappa shape index (κ3) is 4.97. The van der Waals surface area contributed by atoms with E-state index in [1.165, 1.54) is 0 Å². The van der Waals surface area contributed by atoms with Crippen molar-refractivity contribution in [2.75, 3.05) is 44.4 Å². The van der Waals surface area contributed by atoms with Gasteiger partial charge < -0.3 is 24.8 Å². The molecule has 0 aromatic heterocycles. The van der Waals surface area contributed by atoms with Crippen molar-refractivity contribution in [3.05, 3.63) is 59.6 Å². The number of rotatable bonds is 7. The second-order valence-electron chi connectivity index (χ2n) is 8.52. The smallest absolute Gasteiger partial charge is 0.260 e. The van der Waals surface area contributed by atoms with Gasteiger partial charge in [0, 0.05) is 30.3 Å². The van der Waals surface area contributed by atoms with Gasteiger partial charge in [0.05, 0.1) is 6.67 Å². The third-order valence-electron chi connectivity index (χ3n) is 6.41. The summed E-state index contributed by atoms with van der Waals surface area (Å²) in [5.41, 5.74) is 0.155. The van der Waals surface area contributed by atoms with Crippen molar-refractivity contribution in [2.45, 2.75) is 25.3 Å². The van der Waals surface area contributed by atoms with Crippen LogP contribution >= 0.6 is 11.6 Å². The molecule has 2 heterocycles. The number of carbonyl (C=O) groups excluding carboxylic acids is 3. The van der Waals surface area contributed by atoms with Crippen LogP contribution in [0.3, 0.4) is 0 Å². The topological polar surface area (TPSA) is 82.2 Å². The van der Waals surface area contributed by atoms with Crippen molar-refractivity contribution >= 4 is 35.0 Å². The summed E-state index contributed by atoms with van der Waals surface area (Å²) >= 11 is 5.89. The van der Waals surface area contributed by atoms with Crippen LogP contribution in [-0.2, 0) is 14.4 Å². The highest BCUT2D eigenvalue weighted by Crippen LogP contribution is 2.39. The zero-order chi connectivity index (χ0) is 24.1. The van der Waals surface area contributed by atoms with Crippen molar-refractivity contribution in [3.8, 4) is 5.75 Å². The van der Waals surface area contributed by atoms with Gasteiger partial charge in [-0.15, -0.1) is 0 Å². The number of carbonyl (C=O) groups is 3. The minimum atomic E-state index is -0.776. The fourth-order valence-corrected chi connectivity index (χ4v) is 4.77. The normalized spacial score (nSPS) is 17.2. The number of hydrogen-bond donors (Lipinski definition) is 1. The number of hydrogen-bond acceptors (Lipinski definition) is 5. The number of ether oxygens (including phenoxy) is 1. The van der Waals surface area contributed by atoms with Crippen LogP contribution in [0, 0.1) is 0 Å². The zero-order valence-electron chi connectivity index (χ0n) is 19.2. The summed E-state index contributed by atoms with van der Waals surface area (Å²) in [5.74, 6) is 0.217. The first-order valence-corrected chi connectivity index (χ1v) is 11.9. The Hall–Kier alpha value is -3.26. The Bertz CT molecular complexity index is 1020. The molecule has 0 saturated carbocycles. The number of amides is 3. The van der Waals surface area contributed by atoms with Crippen molar-refractivity contribution < 1.29 is 19.1 Å². The molecular weight excluding hydrogens is 456 g/mol. The molecule has 0 atom stereocenters. The van der Waals surface area contributed by atoms with Crippen LogP contribution in [0.2, 0.25) is 5.02 Å². The predicted molar refractivity (Wildman–Crippen MR) is 130 cm³/mol. The molecule has 4 rings (SSSR count). The van der Waals surface area contributed by atoms with E-state index < -0.39 is 5.54 Å². The Morgan fingerprint density at radius 1 is 1.06 bits per heavy atom. The van der Waals surface area contributed by atoms with Crippen LogP contribution in [0.4, 0.5) is 5.69 Å². The van der Waals surface area contributed by atoms with E-state index in [1.54, 1.807) is 34.1 Å². The molecule has 3 amide bonds. The fourth-order valence-electron chi connectivity index (χ4n) is 4.64. The van der Waals surface area contributed by atoms with E-state index >= 15 is 0 Å². The molecule has 2 aliphatic rings. The first-order chi connectivity index (χ1) is 16.4. The standard InChI is InChI=1S/C25H29ClN4O4/c1-2-27-22(31)16-29-18-30(20-6-4-3-5-7-20)25(24(29)33)12-14-28(15-13-25)23(32)17-34-21-10-8-19(26)9-11-21/h3-11H,2,12-18H2,1H3,(H,27,31). The maximum atomic E-state index is 13.6. The number of anilines is 1. The molecule has 1 N–H and O–H groups in total. The number of likely N-dealkylation sites (N-methyl/N-ethyl adjacent to an activating group) is 1. The van der Waals surface area contributed by atoms with Gasteiger partial charge in [0.15, 0.2) is 6.61 Å². The molecule has 0 unspecified atom stereocenters. The molecule has 34 heavy (non-hydrogen) atoms. The molecular formula is C25H29ClN4O4. The van der Waals surface area contributed by atoms with Crippen molar-refractivity contribution in [1.29, 1.82) is 0 Å². The second kappa shape index (κ2) is 10.3. The van der Waals surface area contributed by atoms with Gasteiger partial charge in [-0.1, -0.05) is 29.8 Å². The summed E-state index contributed by atoms with van der Waals surface area (Å²) in [5, 5.41) is 3.37. The molecule has 1 spiro atoms. The Balaban J connectivity index is 1.44. The molecule has 2 saturated heterocycles. The number of likely N-dealkylation sites (tertiary alicyclic amines) is 1. The monoisotopic (exact) mass is 484 g/mol. The largest absolute Gasteiger partial charge is 0.484 e. The van der Waals surface area contributed by atoms with Crippen molar-refractivity contribution in [1.82, 2.24) is 15.1 Å². The van der Waals surface area contributed by atoms with Crippen LogP contribution < -0.4 is 15.0 Å². The number of benzene rings is 2. The van der Waals surface area contributed by atoms with Gasteiger partial charge in [-0.05, 0) is 56.2 Å². The summed E-state index contributed by atoms with van der Waals surface area (Å²) in [6.07, 6.45) is 0.971. The Morgan fingerprint density at radius 2 is 1.74 bits per heavy atom. The van der Waals surface area contributed by atoms with Gasteiger partial charge in [-0.2, -0.15) is 0 Å². The van der Waals surface area contributed by atoms with Crippen LogP contribution in [0.1, 0.15) is 19.8 Å². The lowest BCUT2D eigenvalue weighted by Crippen LogP contribution is -2.58. The molecule has 8 nitrogen and oxygen atoms in total. The third-order valence-corrected chi connectivity index (χ3v) is 6.66. The van der Waals surface area contributed by atoms with E-state index in [1.807, 2.05) is 37.3 Å². The summed E-state index contributed by atoms with van der Waals surface area (Å²) in [6.45, 7) is 3.53. The van der Waals surface area contributed by atoms with Gasteiger partial charge in [0.2, 0.25) is 5.91 Å². The molecule has 2 aromatic rings. The highest BCUT2D eigenvalue weighted by atomic mass is 35.5. The van der Waals surface area contributed by atoms with Crippen molar-refractivity contribution in [2.24, 2.45) is 0 Å². The number of halogens is 1. The van der Waals surface area contributed by atoms with Gasteiger partial charge in [0.25, 0.3) is 11.8 Å². The van der Waals surface area contributed by atoms with Gasteiger partial charge in [-0.25, -0.2) is 0 Å². The van der Waals surface area contributed by atoms with Gasteiger partial charge in [0.1, 0.15) is 17.8 Å². The van der Waals surface area contributed by atoms with Crippen LogP contribution in [-0.4, -0.2) is 72.5 Å². The summed E-state index contributed by atoms with van der Waals surface area (Å²) < 4.78 is 5.61. The predicted octanol–water partition coefficient (Wildman–Crippen LogP) is 2.52. The molecule has 2 aliphatic heterocycles. The molecule has 0 radical (unpaired) electrons. The average molecular weight is 485 g/mol. The average Bonchev–Trinajstić information content (AvgIpc) is 3.10. The maximum Gasteiger partial charge on any atom is 0.260 e. The first-order valence-electron chi connectivity index (χ1n) is 11.5.